The maximum Gasteiger partial charge on any atom is 0.276 e. The summed E-state index contributed by atoms with van der Waals surface area (Å²) in [5.41, 5.74) is 2.88. The molecular formula is C22H19N3O3. The van der Waals surface area contributed by atoms with Gasteiger partial charge in [-0.25, -0.2) is 4.98 Å². The minimum absolute atomic E-state index is 0.0945. The molecule has 0 aliphatic heterocycles. The minimum atomic E-state index is -0.325. The monoisotopic (exact) mass is 373 g/mol. The summed E-state index contributed by atoms with van der Waals surface area (Å²) in [6.07, 6.45) is 1.52. The molecule has 0 unspecified atom stereocenters. The third-order valence-corrected chi connectivity index (χ3v) is 4.35. The van der Waals surface area contributed by atoms with Gasteiger partial charge in [-0.05, 0) is 29.3 Å². The topological polar surface area (TPSA) is 76.4 Å². The van der Waals surface area contributed by atoms with Gasteiger partial charge in [0.05, 0.1) is 12.1 Å². The van der Waals surface area contributed by atoms with Crippen LogP contribution in [0.25, 0.3) is 10.9 Å². The van der Waals surface area contributed by atoms with Crippen LogP contribution in [0.1, 0.15) is 21.6 Å². The Labute approximate surface area is 162 Å². The van der Waals surface area contributed by atoms with Gasteiger partial charge < -0.3 is 15.3 Å². The van der Waals surface area contributed by atoms with Crippen LogP contribution < -0.4 is 10.2 Å². The summed E-state index contributed by atoms with van der Waals surface area (Å²) < 4.78 is 1.56. The summed E-state index contributed by atoms with van der Waals surface area (Å²) in [7, 11) is 0. The number of carbonyl (C=O) groups is 1. The zero-order valence-electron chi connectivity index (χ0n) is 15.1. The lowest BCUT2D eigenvalue weighted by Gasteiger charge is -2.12. The number of rotatable bonds is 6. The van der Waals surface area contributed by atoms with Gasteiger partial charge in [0.1, 0.15) is 18.1 Å². The van der Waals surface area contributed by atoms with Crippen molar-refractivity contribution < 1.29 is 14.7 Å². The highest BCUT2D eigenvalue weighted by Crippen LogP contribution is 2.20. The van der Waals surface area contributed by atoms with Crippen molar-refractivity contribution in [2.24, 2.45) is 0 Å². The molecule has 28 heavy (non-hydrogen) atoms. The van der Waals surface area contributed by atoms with E-state index < -0.39 is 0 Å². The van der Waals surface area contributed by atoms with E-state index in [1.54, 1.807) is 22.9 Å². The number of aromatic nitrogens is 2. The first-order valence-corrected chi connectivity index (χ1v) is 8.89. The zero-order valence-corrected chi connectivity index (χ0v) is 15.1. The highest BCUT2D eigenvalue weighted by molar-refractivity contribution is 6.05. The number of amides is 1. The highest BCUT2D eigenvalue weighted by Gasteiger charge is 2.17. The van der Waals surface area contributed by atoms with E-state index in [0.29, 0.717) is 23.7 Å². The summed E-state index contributed by atoms with van der Waals surface area (Å²) in [4.78, 5) is 23.0. The van der Waals surface area contributed by atoms with Crippen LogP contribution >= 0.6 is 0 Å². The van der Waals surface area contributed by atoms with Crippen molar-refractivity contribution in [1.29, 1.82) is 0 Å². The van der Waals surface area contributed by atoms with Gasteiger partial charge in [0, 0.05) is 11.6 Å². The molecule has 6 nitrogen and oxygen atoms in total. The quantitative estimate of drug-likeness (QED) is 0.543. The van der Waals surface area contributed by atoms with Gasteiger partial charge >= 0.3 is 0 Å². The summed E-state index contributed by atoms with van der Waals surface area (Å²) in [6.45, 7) is 0.242. The molecule has 2 heterocycles. The van der Waals surface area contributed by atoms with Crippen molar-refractivity contribution in [1.82, 2.24) is 9.71 Å². The molecule has 0 radical (unpaired) electrons. The molecule has 6 heteroatoms. The maximum atomic E-state index is 12.9. The van der Waals surface area contributed by atoms with Crippen LogP contribution in [0.4, 0.5) is 5.82 Å². The fraction of sp³-hybridized carbons (Fsp3) is 0.0909. The van der Waals surface area contributed by atoms with E-state index >= 15 is 0 Å². The minimum Gasteiger partial charge on any atom is -0.408 e. The molecule has 140 valence electrons. The molecule has 4 rings (SSSR count). The maximum absolute atomic E-state index is 12.9. The van der Waals surface area contributed by atoms with Gasteiger partial charge in [0.25, 0.3) is 5.91 Å². The molecule has 0 atom stereocenters. The fourth-order valence-electron chi connectivity index (χ4n) is 2.91. The molecule has 4 aromatic rings. The molecule has 0 saturated carbocycles. The second kappa shape index (κ2) is 7.94. The molecular weight excluding hydrogens is 354 g/mol. The van der Waals surface area contributed by atoms with E-state index in [1.165, 1.54) is 6.20 Å². The summed E-state index contributed by atoms with van der Waals surface area (Å²) >= 11 is 0. The lowest BCUT2D eigenvalue weighted by Crippen LogP contribution is -2.22. The molecule has 1 amide bonds. The predicted octanol–water partition coefficient (Wildman–Crippen LogP) is 3.41. The molecule has 2 aromatic carbocycles. The number of fused-ring (bicyclic) bond motifs is 1. The van der Waals surface area contributed by atoms with E-state index in [1.807, 2.05) is 54.6 Å². The number of hydrogen-bond donors (Lipinski definition) is 2. The number of aliphatic hydroxyl groups is 1. The molecule has 0 aliphatic carbocycles. The lowest BCUT2D eigenvalue weighted by molar-refractivity contribution is 0.0855. The summed E-state index contributed by atoms with van der Waals surface area (Å²) in [6, 6.07) is 22.6. The van der Waals surface area contributed by atoms with Crippen LogP contribution in [0.15, 0.2) is 79.0 Å². The van der Waals surface area contributed by atoms with Gasteiger partial charge in [-0.15, -0.1) is 0 Å². The molecule has 2 N–H and O–H groups in total. The van der Waals surface area contributed by atoms with Gasteiger partial charge in [-0.1, -0.05) is 54.6 Å². The first kappa shape index (κ1) is 17.8. The largest absolute Gasteiger partial charge is 0.408 e. The smallest absolute Gasteiger partial charge is 0.276 e. The Kier molecular flexibility index (Phi) is 5.03. The number of pyridine rings is 1. The van der Waals surface area contributed by atoms with Crippen molar-refractivity contribution in [3.8, 4) is 0 Å². The Morgan fingerprint density at radius 3 is 2.54 bits per heavy atom. The van der Waals surface area contributed by atoms with Gasteiger partial charge in [-0.2, -0.15) is 4.73 Å². The average Bonchev–Trinajstić information content (AvgIpc) is 3.12. The van der Waals surface area contributed by atoms with E-state index in [-0.39, 0.29) is 12.5 Å². The number of anilines is 1. The highest BCUT2D eigenvalue weighted by atomic mass is 16.7. The number of hydrogen-bond acceptors (Lipinski definition) is 4. The average molecular weight is 373 g/mol. The van der Waals surface area contributed by atoms with Gasteiger partial charge in [-0.3, -0.25) is 4.79 Å². The summed E-state index contributed by atoms with van der Waals surface area (Å²) in [5, 5.41) is 12.8. The number of benzene rings is 2. The lowest BCUT2D eigenvalue weighted by atomic mass is 10.2. The van der Waals surface area contributed by atoms with Crippen LogP contribution in [0.3, 0.4) is 0 Å². The number of carbonyl (C=O) groups excluding carboxylic acids is 1. The SMILES string of the molecule is O=C(Nc1ccc(CO)cn1)c1cc2ccccc2n1OCc1ccccc1. The second-order valence-electron chi connectivity index (χ2n) is 6.31. The van der Waals surface area contributed by atoms with Crippen molar-refractivity contribution in [3.63, 3.8) is 0 Å². The number of nitrogens with zero attached hydrogens (tertiary/aromatic N) is 2. The van der Waals surface area contributed by atoms with E-state index in [0.717, 1.165) is 16.5 Å². The van der Waals surface area contributed by atoms with Crippen molar-refractivity contribution >= 4 is 22.6 Å². The van der Waals surface area contributed by atoms with Crippen LogP contribution in [-0.4, -0.2) is 20.7 Å². The Balaban J connectivity index is 1.62. The Morgan fingerprint density at radius 2 is 1.79 bits per heavy atom. The predicted molar refractivity (Wildman–Crippen MR) is 107 cm³/mol. The summed E-state index contributed by atoms with van der Waals surface area (Å²) in [5.74, 6) is 0.0792. The van der Waals surface area contributed by atoms with Crippen LogP contribution in [-0.2, 0) is 13.2 Å². The Hall–Kier alpha value is -3.64. The Morgan fingerprint density at radius 1 is 1.00 bits per heavy atom. The fourth-order valence-corrected chi connectivity index (χ4v) is 2.91. The molecule has 2 aromatic heterocycles. The molecule has 0 fully saturated rings. The van der Waals surface area contributed by atoms with Crippen LogP contribution in [0.2, 0.25) is 0 Å². The zero-order chi connectivity index (χ0) is 19.3. The van der Waals surface area contributed by atoms with E-state index in [2.05, 4.69) is 10.3 Å². The Bertz CT molecular complexity index is 1090. The van der Waals surface area contributed by atoms with Crippen LogP contribution in [0, 0.1) is 0 Å². The van der Waals surface area contributed by atoms with Crippen molar-refractivity contribution in [3.05, 3.63) is 95.8 Å². The molecule has 0 saturated heterocycles. The van der Waals surface area contributed by atoms with Crippen molar-refractivity contribution in [2.75, 3.05) is 5.32 Å². The number of para-hydroxylation sites is 1. The molecule has 0 spiro atoms. The number of nitrogens with one attached hydrogen (secondary N) is 1. The first-order chi connectivity index (χ1) is 13.7. The van der Waals surface area contributed by atoms with E-state index in [9.17, 15) is 4.79 Å². The third kappa shape index (κ3) is 3.72. The van der Waals surface area contributed by atoms with Crippen molar-refractivity contribution in [2.45, 2.75) is 13.2 Å². The van der Waals surface area contributed by atoms with Crippen LogP contribution in [0.5, 0.6) is 0 Å². The van der Waals surface area contributed by atoms with Gasteiger partial charge in [0.2, 0.25) is 0 Å². The first-order valence-electron chi connectivity index (χ1n) is 8.89. The molecule has 0 aliphatic rings. The standard InChI is InChI=1S/C22H19N3O3/c26-14-17-10-11-21(23-13-17)24-22(27)20-12-18-8-4-5-9-19(18)25(20)28-15-16-6-2-1-3-7-16/h1-13,26H,14-15H2,(H,23,24,27). The van der Waals surface area contributed by atoms with E-state index in [4.69, 9.17) is 9.94 Å². The number of aliphatic hydroxyl groups excluding tert-OH is 1. The van der Waals surface area contributed by atoms with Gasteiger partial charge in [0.15, 0.2) is 0 Å². The second-order valence-corrected chi connectivity index (χ2v) is 6.31. The molecule has 0 bridgehead atoms. The normalized spacial score (nSPS) is 10.8. The third-order valence-electron chi connectivity index (χ3n) is 4.35.